The number of amides is 2. The van der Waals surface area contributed by atoms with Gasteiger partial charge in [0.1, 0.15) is 0 Å². The molecule has 1 heterocycles. The average molecular weight is 375 g/mol. The van der Waals surface area contributed by atoms with Crippen molar-refractivity contribution in [3.8, 4) is 0 Å². The number of halogens is 1. The number of rotatable bonds is 3. The Hall–Kier alpha value is -2.67. The van der Waals surface area contributed by atoms with Crippen LogP contribution in [0.2, 0.25) is 0 Å². The van der Waals surface area contributed by atoms with Gasteiger partial charge >= 0.3 is 5.97 Å². The number of nitrogens with one attached hydrogen (secondary N) is 2. The third-order valence-electron chi connectivity index (χ3n) is 3.45. The second-order valence-corrected chi connectivity index (χ2v) is 5.96. The highest BCUT2D eigenvalue weighted by atomic mass is 79.9. The summed E-state index contributed by atoms with van der Waals surface area (Å²) in [7, 11) is 0. The largest absolute Gasteiger partial charge is 0.478 e. The first kappa shape index (κ1) is 15.2. The number of carboxylic acid groups (broad SMARTS) is 1. The maximum atomic E-state index is 12.3. The Kier molecular flexibility index (Phi) is 3.87. The van der Waals surface area contributed by atoms with E-state index in [-0.39, 0.29) is 23.6 Å². The van der Waals surface area contributed by atoms with E-state index in [1.54, 1.807) is 24.3 Å². The van der Waals surface area contributed by atoms with Crippen LogP contribution in [0.1, 0.15) is 26.3 Å². The van der Waals surface area contributed by atoms with Crippen molar-refractivity contribution in [2.24, 2.45) is 0 Å². The average Bonchev–Trinajstić information content (AvgIpc) is 2.87. The molecule has 0 spiro atoms. The van der Waals surface area contributed by atoms with Gasteiger partial charge in [0.2, 0.25) is 5.91 Å². The van der Waals surface area contributed by atoms with Crippen molar-refractivity contribution in [3.63, 3.8) is 0 Å². The van der Waals surface area contributed by atoms with Crippen LogP contribution in [0.5, 0.6) is 0 Å². The van der Waals surface area contributed by atoms with Crippen LogP contribution in [0.4, 0.5) is 11.4 Å². The zero-order valence-electron chi connectivity index (χ0n) is 11.7. The lowest BCUT2D eigenvalue weighted by atomic mass is 10.1. The molecule has 0 aliphatic carbocycles. The zero-order chi connectivity index (χ0) is 16.6. The Morgan fingerprint density at radius 3 is 2.70 bits per heavy atom. The van der Waals surface area contributed by atoms with E-state index in [0.717, 1.165) is 5.56 Å². The molecule has 2 amide bonds. The number of carbonyl (C=O) groups is 3. The van der Waals surface area contributed by atoms with Gasteiger partial charge in [0.25, 0.3) is 5.91 Å². The van der Waals surface area contributed by atoms with Crippen LogP contribution < -0.4 is 10.6 Å². The standard InChI is InChI=1S/C16H11BrN2O4/c17-10-2-4-13(11(7-10)16(22)23)19-15(21)8-1-3-12-9(5-8)6-14(20)18-12/h1-5,7H,6H2,(H,18,20)(H,19,21)(H,22,23). The number of aromatic carboxylic acids is 1. The Bertz CT molecular complexity index is 848. The topological polar surface area (TPSA) is 95.5 Å². The molecular formula is C16H11BrN2O4. The van der Waals surface area contributed by atoms with Crippen molar-refractivity contribution in [1.82, 2.24) is 0 Å². The number of hydrogen-bond donors (Lipinski definition) is 3. The van der Waals surface area contributed by atoms with Gasteiger partial charge in [0.05, 0.1) is 17.7 Å². The summed E-state index contributed by atoms with van der Waals surface area (Å²) in [5, 5.41) is 14.5. The first-order valence-electron chi connectivity index (χ1n) is 6.71. The minimum atomic E-state index is -1.13. The fraction of sp³-hybridized carbons (Fsp3) is 0.0625. The molecule has 2 aromatic carbocycles. The number of carboxylic acids is 1. The second kappa shape index (κ2) is 5.85. The van der Waals surface area contributed by atoms with E-state index in [2.05, 4.69) is 26.6 Å². The fourth-order valence-electron chi connectivity index (χ4n) is 2.37. The number of carbonyl (C=O) groups excluding carboxylic acids is 2. The van der Waals surface area contributed by atoms with Crippen molar-refractivity contribution >= 4 is 45.1 Å². The van der Waals surface area contributed by atoms with Gasteiger partial charge in [-0.15, -0.1) is 0 Å². The Morgan fingerprint density at radius 1 is 1.17 bits per heavy atom. The summed E-state index contributed by atoms with van der Waals surface area (Å²) in [5.41, 5.74) is 2.00. The third-order valence-corrected chi connectivity index (χ3v) is 3.95. The predicted octanol–water partition coefficient (Wildman–Crippen LogP) is 2.89. The van der Waals surface area contributed by atoms with Gasteiger partial charge in [0.15, 0.2) is 0 Å². The molecule has 3 rings (SSSR count). The second-order valence-electron chi connectivity index (χ2n) is 5.05. The molecule has 0 atom stereocenters. The lowest BCUT2D eigenvalue weighted by Gasteiger charge is -2.10. The first-order valence-corrected chi connectivity index (χ1v) is 7.50. The fourth-order valence-corrected chi connectivity index (χ4v) is 2.73. The highest BCUT2D eigenvalue weighted by molar-refractivity contribution is 9.10. The molecule has 0 aromatic heterocycles. The van der Waals surface area contributed by atoms with Gasteiger partial charge in [-0.3, -0.25) is 9.59 Å². The van der Waals surface area contributed by atoms with Crippen molar-refractivity contribution < 1.29 is 19.5 Å². The van der Waals surface area contributed by atoms with E-state index < -0.39 is 11.9 Å². The van der Waals surface area contributed by atoms with E-state index in [1.807, 2.05) is 0 Å². The minimum Gasteiger partial charge on any atom is -0.478 e. The molecule has 0 saturated carbocycles. The van der Waals surface area contributed by atoms with Gasteiger partial charge in [-0.05, 0) is 42.0 Å². The normalized spacial score (nSPS) is 12.5. The summed E-state index contributed by atoms with van der Waals surface area (Å²) in [4.78, 5) is 34.9. The Labute approximate surface area is 139 Å². The molecule has 23 heavy (non-hydrogen) atoms. The Balaban J connectivity index is 1.87. The van der Waals surface area contributed by atoms with E-state index in [9.17, 15) is 19.5 Å². The van der Waals surface area contributed by atoms with E-state index in [0.29, 0.717) is 15.7 Å². The van der Waals surface area contributed by atoms with E-state index in [4.69, 9.17) is 0 Å². The number of benzene rings is 2. The lowest BCUT2D eigenvalue weighted by Crippen LogP contribution is -2.15. The molecule has 2 aromatic rings. The maximum Gasteiger partial charge on any atom is 0.337 e. The highest BCUT2D eigenvalue weighted by Crippen LogP contribution is 2.25. The summed E-state index contributed by atoms with van der Waals surface area (Å²) in [6, 6.07) is 9.45. The van der Waals surface area contributed by atoms with E-state index >= 15 is 0 Å². The van der Waals surface area contributed by atoms with Crippen LogP contribution in [0.25, 0.3) is 0 Å². The molecule has 116 valence electrons. The van der Waals surface area contributed by atoms with Crippen LogP contribution in [-0.2, 0) is 11.2 Å². The van der Waals surface area contributed by atoms with Crippen LogP contribution in [-0.4, -0.2) is 22.9 Å². The smallest absolute Gasteiger partial charge is 0.337 e. The van der Waals surface area contributed by atoms with Crippen molar-refractivity contribution in [2.75, 3.05) is 10.6 Å². The van der Waals surface area contributed by atoms with Crippen molar-refractivity contribution in [1.29, 1.82) is 0 Å². The molecule has 1 aliphatic heterocycles. The van der Waals surface area contributed by atoms with Gasteiger partial charge in [-0.2, -0.15) is 0 Å². The summed E-state index contributed by atoms with van der Waals surface area (Å²) in [6.07, 6.45) is 0.231. The van der Waals surface area contributed by atoms with Crippen molar-refractivity contribution in [2.45, 2.75) is 6.42 Å². The molecule has 6 nitrogen and oxygen atoms in total. The molecule has 1 aliphatic rings. The zero-order valence-corrected chi connectivity index (χ0v) is 13.3. The predicted molar refractivity (Wildman–Crippen MR) is 87.8 cm³/mol. The van der Waals surface area contributed by atoms with Gasteiger partial charge in [-0.25, -0.2) is 4.79 Å². The minimum absolute atomic E-state index is 0.00858. The third kappa shape index (κ3) is 3.09. The number of fused-ring (bicyclic) bond motifs is 1. The lowest BCUT2D eigenvalue weighted by molar-refractivity contribution is -0.115. The maximum absolute atomic E-state index is 12.3. The van der Waals surface area contributed by atoms with Crippen LogP contribution in [0.3, 0.4) is 0 Å². The summed E-state index contributed by atoms with van der Waals surface area (Å²) in [5.74, 6) is -1.68. The molecule has 0 fully saturated rings. The monoisotopic (exact) mass is 374 g/mol. The first-order chi connectivity index (χ1) is 10.9. The molecule has 7 heteroatoms. The molecule has 0 radical (unpaired) electrons. The molecule has 0 unspecified atom stereocenters. The Morgan fingerprint density at radius 2 is 1.96 bits per heavy atom. The summed E-state index contributed by atoms with van der Waals surface area (Å²) >= 11 is 3.20. The van der Waals surface area contributed by atoms with Gasteiger partial charge in [0, 0.05) is 15.7 Å². The van der Waals surface area contributed by atoms with Crippen LogP contribution >= 0.6 is 15.9 Å². The molecule has 0 bridgehead atoms. The van der Waals surface area contributed by atoms with Crippen LogP contribution in [0.15, 0.2) is 40.9 Å². The SMILES string of the molecule is O=C1Cc2cc(C(=O)Nc3ccc(Br)cc3C(=O)O)ccc2N1. The summed E-state index contributed by atoms with van der Waals surface area (Å²) < 4.78 is 0.606. The van der Waals surface area contributed by atoms with Crippen molar-refractivity contribution in [3.05, 3.63) is 57.6 Å². The van der Waals surface area contributed by atoms with Gasteiger partial charge < -0.3 is 15.7 Å². The molecular weight excluding hydrogens is 364 g/mol. The highest BCUT2D eigenvalue weighted by Gasteiger charge is 2.20. The van der Waals surface area contributed by atoms with E-state index in [1.165, 1.54) is 12.1 Å². The van der Waals surface area contributed by atoms with Gasteiger partial charge in [-0.1, -0.05) is 15.9 Å². The molecule has 3 N–H and O–H groups in total. The molecule has 0 saturated heterocycles. The van der Waals surface area contributed by atoms with Crippen LogP contribution in [0, 0.1) is 0 Å². The number of hydrogen-bond acceptors (Lipinski definition) is 3. The quantitative estimate of drug-likeness (QED) is 0.769. The number of anilines is 2. The summed E-state index contributed by atoms with van der Waals surface area (Å²) in [6.45, 7) is 0.